The topological polar surface area (TPSA) is 71.4 Å². The van der Waals surface area contributed by atoms with E-state index in [1.165, 1.54) is 30.5 Å². The first-order valence-electron chi connectivity index (χ1n) is 5.29. The van der Waals surface area contributed by atoms with Crippen LogP contribution in [0.2, 0.25) is 5.02 Å². The Hall–Kier alpha value is -1.92. The lowest BCUT2D eigenvalue weighted by Gasteiger charge is -2.02. The molecule has 0 amide bonds. The molecule has 0 atom stereocenters. The first kappa shape index (κ1) is 13.5. The molecule has 5 nitrogen and oxygen atoms in total. The van der Waals surface area contributed by atoms with Crippen LogP contribution in [-0.4, -0.2) is 19.6 Å². The van der Waals surface area contributed by atoms with Gasteiger partial charge in [0.2, 0.25) is 0 Å². The maximum atomic E-state index is 11.8. The molecule has 0 spiro atoms. The van der Waals surface area contributed by atoms with E-state index in [0.717, 1.165) is 0 Å². The molecule has 0 aliphatic rings. The Morgan fingerprint density at radius 1 is 1.16 bits per heavy atom. The van der Waals surface area contributed by atoms with Crippen molar-refractivity contribution in [2.24, 2.45) is 5.10 Å². The van der Waals surface area contributed by atoms with E-state index in [9.17, 15) is 8.42 Å². The van der Waals surface area contributed by atoms with Crippen molar-refractivity contribution < 1.29 is 8.42 Å². The third-order valence-corrected chi connectivity index (χ3v) is 3.67. The van der Waals surface area contributed by atoms with Gasteiger partial charge in [-0.1, -0.05) is 17.7 Å². The highest BCUT2D eigenvalue weighted by Crippen LogP contribution is 2.13. The van der Waals surface area contributed by atoms with Gasteiger partial charge >= 0.3 is 0 Å². The number of aromatic nitrogens is 1. The number of halogens is 1. The Balaban J connectivity index is 2.10. The van der Waals surface area contributed by atoms with Gasteiger partial charge in [-0.05, 0) is 36.4 Å². The lowest BCUT2D eigenvalue weighted by Crippen LogP contribution is -2.18. The van der Waals surface area contributed by atoms with E-state index in [-0.39, 0.29) is 4.90 Å². The largest absolute Gasteiger partial charge is 0.276 e. The fraction of sp³-hybridized carbons (Fsp3) is 0. The van der Waals surface area contributed by atoms with Crippen molar-refractivity contribution in [1.82, 2.24) is 9.82 Å². The van der Waals surface area contributed by atoms with E-state index >= 15 is 0 Å². The first-order valence-corrected chi connectivity index (χ1v) is 7.15. The maximum Gasteiger partial charge on any atom is 0.276 e. The average molecular weight is 296 g/mol. The minimum absolute atomic E-state index is 0.0927. The van der Waals surface area contributed by atoms with Gasteiger partial charge in [0.25, 0.3) is 10.0 Å². The zero-order valence-corrected chi connectivity index (χ0v) is 11.3. The molecule has 2 aromatic rings. The van der Waals surface area contributed by atoms with Crippen LogP contribution in [0.4, 0.5) is 0 Å². The van der Waals surface area contributed by atoms with Crippen molar-refractivity contribution in [2.45, 2.75) is 4.90 Å². The number of hydrogen-bond acceptors (Lipinski definition) is 4. The SMILES string of the molecule is O=S(=O)(N/N=C/c1ccccn1)c1ccc(Cl)cc1. The third-order valence-electron chi connectivity index (χ3n) is 2.18. The van der Waals surface area contributed by atoms with Crippen molar-refractivity contribution in [3.8, 4) is 0 Å². The fourth-order valence-electron chi connectivity index (χ4n) is 1.28. The molecule has 0 saturated heterocycles. The zero-order valence-electron chi connectivity index (χ0n) is 9.69. The van der Waals surface area contributed by atoms with E-state index in [1.807, 2.05) is 0 Å². The average Bonchev–Trinajstić information content (AvgIpc) is 2.40. The van der Waals surface area contributed by atoms with Gasteiger partial charge in [0.05, 0.1) is 16.8 Å². The molecule has 0 saturated carbocycles. The number of hydrogen-bond donors (Lipinski definition) is 1. The summed E-state index contributed by atoms with van der Waals surface area (Å²) in [5.74, 6) is 0. The molecule has 0 radical (unpaired) electrons. The zero-order chi connectivity index (χ0) is 13.7. The van der Waals surface area contributed by atoms with Gasteiger partial charge in [-0.3, -0.25) is 4.98 Å². The van der Waals surface area contributed by atoms with Gasteiger partial charge in [-0.15, -0.1) is 0 Å². The summed E-state index contributed by atoms with van der Waals surface area (Å²) in [6, 6.07) is 11.1. The van der Waals surface area contributed by atoms with Crippen LogP contribution < -0.4 is 4.83 Å². The van der Waals surface area contributed by atoms with Crippen molar-refractivity contribution in [2.75, 3.05) is 0 Å². The summed E-state index contributed by atoms with van der Waals surface area (Å²) in [7, 11) is -3.68. The molecule has 1 aromatic heterocycles. The number of rotatable bonds is 4. The Bertz CT molecular complexity index is 670. The lowest BCUT2D eigenvalue weighted by atomic mass is 10.4. The smallest absolute Gasteiger partial charge is 0.255 e. The number of pyridine rings is 1. The van der Waals surface area contributed by atoms with Crippen molar-refractivity contribution >= 4 is 27.8 Å². The fourth-order valence-corrected chi connectivity index (χ4v) is 2.20. The molecule has 98 valence electrons. The van der Waals surface area contributed by atoms with Crippen LogP contribution in [-0.2, 0) is 10.0 Å². The van der Waals surface area contributed by atoms with Gasteiger partial charge in [0.15, 0.2) is 0 Å². The molecule has 1 aromatic carbocycles. The number of nitrogens with one attached hydrogen (secondary N) is 1. The van der Waals surface area contributed by atoms with E-state index in [4.69, 9.17) is 11.6 Å². The Morgan fingerprint density at radius 3 is 2.53 bits per heavy atom. The Morgan fingerprint density at radius 2 is 1.89 bits per heavy atom. The number of sulfonamides is 1. The summed E-state index contributed by atoms with van der Waals surface area (Å²) in [5.41, 5.74) is 0.557. The summed E-state index contributed by atoms with van der Waals surface area (Å²) in [6.07, 6.45) is 2.92. The normalized spacial score (nSPS) is 11.6. The number of benzene rings is 1. The summed E-state index contributed by atoms with van der Waals surface area (Å²) in [6.45, 7) is 0. The summed E-state index contributed by atoms with van der Waals surface area (Å²) < 4.78 is 23.7. The number of nitrogens with zero attached hydrogens (tertiary/aromatic N) is 2. The van der Waals surface area contributed by atoms with Crippen LogP contribution >= 0.6 is 11.6 Å². The molecule has 0 aliphatic carbocycles. The van der Waals surface area contributed by atoms with Crippen LogP contribution in [0.15, 0.2) is 58.7 Å². The molecule has 0 aliphatic heterocycles. The van der Waals surface area contributed by atoms with E-state index in [0.29, 0.717) is 10.7 Å². The van der Waals surface area contributed by atoms with Gasteiger partial charge in [-0.2, -0.15) is 13.5 Å². The molecule has 7 heteroatoms. The molecule has 2 rings (SSSR count). The second-order valence-corrected chi connectivity index (χ2v) is 5.66. The van der Waals surface area contributed by atoms with Crippen molar-refractivity contribution in [1.29, 1.82) is 0 Å². The van der Waals surface area contributed by atoms with Crippen LogP contribution in [0.1, 0.15) is 5.69 Å². The summed E-state index contributed by atoms with van der Waals surface area (Å²) in [4.78, 5) is 6.18. The van der Waals surface area contributed by atoms with E-state index < -0.39 is 10.0 Å². The monoisotopic (exact) mass is 295 g/mol. The van der Waals surface area contributed by atoms with Crippen LogP contribution in [0.3, 0.4) is 0 Å². The molecular formula is C12H10ClN3O2S. The van der Waals surface area contributed by atoms with E-state index in [2.05, 4.69) is 14.9 Å². The third kappa shape index (κ3) is 3.77. The molecule has 19 heavy (non-hydrogen) atoms. The van der Waals surface area contributed by atoms with Crippen LogP contribution in [0.25, 0.3) is 0 Å². The highest BCUT2D eigenvalue weighted by molar-refractivity contribution is 7.89. The molecule has 0 fully saturated rings. The molecular weight excluding hydrogens is 286 g/mol. The van der Waals surface area contributed by atoms with Gasteiger partial charge in [0, 0.05) is 11.2 Å². The first-order chi connectivity index (χ1) is 9.08. The van der Waals surface area contributed by atoms with Crippen molar-refractivity contribution in [3.63, 3.8) is 0 Å². The quantitative estimate of drug-likeness (QED) is 0.693. The Labute approximate surface area is 116 Å². The van der Waals surface area contributed by atoms with Crippen LogP contribution in [0.5, 0.6) is 0 Å². The molecule has 0 unspecified atom stereocenters. The highest BCUT2D eigenvalue weighted by Gasteiger charge is 2.11. The van der Waals surface area contributed by atoms with Gasteiger partial charge < -0.3 is 0 Å². The highest BCUT2D eigenvalue weighted by atomic mass is 35.5. The Kier molecular flexibility index (Phi) is 4.13. The minimum Gasteiger partial charge on any atom is -0.255 e. The van der Waals surface area contributed by atoms with E-state index in [1.54, 1.807) is 24.4 Å². The standard InChI is InChI=1S/C12H10ClN3O2S/c13-10-4-6-12(7-5-10)19(17,18)16-15-9-11-3-1-2-8-14-11/h1-9,16H/b15-9+. The van der Waals surface area contributed by atoms with Crippen molar-refractivity contribution in [3.05, 3.63) is 59.4 Å². The lowest BCUT2D eigenvalue weighted by molar-refractivity contribution is 0.584. The molecule has 1 heterocycles. The second-order valence-electron chi connectivity index (χ2n) is 3.56. The second kappa shape index (κ2) is 5.81. The number of hydrazone groups is 1. The molecule has 0 bridgehead atoms. The summed E-state index contributed by atoms with van der Waals surface area (Å²) in [5, 5.41) is 4.12. The van der Waals surface area contributed by atoms with Gasteiger partial charge in [-0.25, -0.2) is 4.83 Å². The van der Waals surface area contributed by atoms with Crippen LogP contribution in [0, 0.1) is 0 Å². The predicted molar refractivity (Wildman–Crippen MR) is 73.6 cm³/mol. The summed E-state index contributed by atoms with van der Waals surface area (Å²) >= 11 is 5.69. The predicted octanol–water partition coefficient (Wildman–Crippen LogP) is 2.05. The maximum absolute atomic E-state index is 11.8. The minimum atomic E-state index is -3.68. The molecule has 1 N–H and O–H groups in total. The van der Waals surface area contributed by atoms with Gasteiger partial charge in [0.1, 0.15) is 0 Å².